The molecule has 0 saturated heterocycles. The molecule has 3 rings (SSSR count). The molecule has 1 aromatic carbocycles. The highest BCUT2D eigenvalue weighted by Gasteiger charge is 2.14. The fourth-order valence-electron chi connectivity index (χ4n) is 2.00. The Bertz CT molecular complexity index is 762. The maximum Gasteiger partial charge on any atom is 0.209 e. The number of nitroso groups, excluding NO2 is 1. The van der Waals surface area contributed by atoms with E-state index in [0.717, 1.165) is 11.1 Å². The molecular formula is C14H10ClN3O. The maximum absolute atomic E-state index is 11.1. The first kappa shape index (κ1) is 11.9. The largest absolute Gasteiger partial charge is 0.281 e. The molecule has 0 amide bonds. The van der Waals surface area contributed by atoms with Gasteiger partial charge in [-0.3, -0.25) is 4.40 Å². The Labute approximate surface area is 114 Å². The van der Waals surface area contributed by atoms with E-state index in [1.807, 2.05) is 31.2 Å². The van der Waals surface area contributed by atoms with Gasteiger partial charge in [0.05, 0.1) is 0 Å². The first-order chi connectivity index (χ1) is 9.19. The second kappa shape index (κ2) is 4.48. The molecule has 0 aliphatic carbocycles. The van der Waals surface area contributed by atoms with Gasteiger partial charge >= 0.3 is 0 Å². The molecule has 0 aliphatic rings. The molecule has 19 heavy (non-hydrogen) atoms. The van der Waals surface area contributed by atoms with Crippen LogP contribution in [-0.4, -0.2) is 9.38 Å². The summed E-state index contributed by atoms with van der Waals surface area (Å²) < 4.78 is 1.63. The lowest BCUT2D eigenvalue weighted by molar-refractivity contribution is 1.16. The van der Waals surface area contributed by atoms with Gasteiger partial charge in [0, 0.05) is 22.8 Å². The minimum absolute atomic E-state index is 0.288. The number of pyridine rings is 1. The van der Waals surface area contributed by atoms with Crippen LogP contribution in [0, 0.1) is 11.8 Å². The van der Waals surface area contributed by atoms with Crippen molar-refractivity contribution in [1.82, 2.24) is 9.38 Å². The molecule has 0 bridgehead atoms. The Hall–Kier alpha value is -2.20. The average molecular weight is 272 g/mol. The second-order valence-corrected chi connectivity index (χ2v) is 4.75. The van der Waals surface area contributed by atoms with E-state index in [1.54, 1.807) is 22.7 Å². The van der Waals surface area contributed by atoms with Gasteiger partial charge in [-0.05, 0) is 18.2 Å². The van der Waals surface area contributed by atoms with Gasteiger partial charge in [0.2, 0.25) is 5.82 Å². The number of nitrogens with zero attached hydrogens (tertiary/aromatic N) is 3. The van der Waals surface area contributed by atoms with Gasteiger partial charge in [-0.2, -0.15) is 0 Å². The number of hydrogen-bond donors (Lipinski definition) is 0. The maximum atomic E-state index is 11.1. The molecule has 0 saturated carbocycles. The summed E-state index contributed by atoms with van der Waals surface area (Å²) in [6.45, 7) is 2.01. The van der Waals surface area contributed by atoms with Crippen molar-refractivity contribution in [3.05, 3.63) is 58.1 Å². The summed E-state index contributed by atoms with van der Waals surface area (Å²) in [4.78, 5) is 15.5. The van der Waals surface area contributed by atoms with Gasteiger partial charge in [-0.1, -0.05) is 41.4 Å². The Kier molecular flexibility index (Phi) is 2.80. The topological polar surface area (TPSA) is 46.7 Å². The highest BCUT2D eigenvalue weighted by Crippen LogP contribution is 2.31. The summed E-state index contributed by atoms with van der Waals surface area (Å²) in [5, 5.41) is 3.67. The third-order valence-corrected chi connectivity index (χ3v) is 3.21. The molecule has 3 aromatic rings. The van der Waals surface area contributed by atoms with Crippen LogP contribution in [-0.2, 0) is 0 Å². The number of aryl methyl sites for hydroxylation is 1. The number of benzene rings is 1. The molecule has 0 unspecified atom stereocenters. The van der Waals surface area contributed by atoms with Gasteiger partial charge < -0.3 is 0 Å². The van der Waals surface area contributed by atoms with E-state index in [9.17, 15) is 4.91 Å². The van der Waals surface area contributed by atoms with E-state index in [1.165, 1.54) is 0 Å². The van der Waals surface area contributed by atoms with E-state index < -0.39 is 0 Å². The highest BCUT2D eigenvalue weighted by atomic mass is 35.5. The lowest BCUT2D eigenvalue weighted by Crippen LogP contribution is -1.82. The monoisotopic (exact) mass is 271 g/mol. The lowest BCUT2D eigenvalue weighted by Gasteiger charge is -1.98. The molecule has 0 fully saturated rings. The number of halogens is 1. The zero-order chi connectivity index (χ0) is 13.4. The Morgan fingerprint density at radius 2 is 1.95 bits per heavy atom. The summed E-state index contributed by atoms with van der Waals surface area (Å²) in [5.74, 6) is 0.288. The van der Waals surface area contributed by atoms with Crippen molar-refractivity contribution in [2.45, 2.75) is 6.92 Å². The van der Waals surface area contributed by atoms with Crippen LogP contribution in [0.3, 0.4) is 0 Å². The van der Waals surface area contributed by atoms with Crippen molar-refractivity contribution >= 4 is 23.1 Å². The molecule has 0 spiro atoms. The van der Waals surface area contributed by atoms with Crippen LogP contribution in [0.2, 0.25) is 5.02 Å². The van der Waals surface area contributed by atoms with Crippen LogP contribution in [0.4, 0.5) is 5.82 Å². The first-order valence-corrected chi connectivity index (χ1v) is 6.15. The number of rotatable bonds is 2. The van der Waals surface area contributed by atoms with Crippen molar-refractivity contribution in [3.8, 4) is 11.3 Å². The summed E-state index contributed by atoms with van der Waals surface area (Å²) in [7, 11) is 0. The minimum atomic E-state index is 0.288. The predicted octanol–water partition coefficient (Wildman–Crippen LogP) is 4.36. The molecule has 2 heterocycles. The van der Waals surface area contributed by atoms with Gasteiger partial charge in [0.15, 0.2) is 0 Å². The first-order valence-electron chi connectivity index (χ1n) is 5.77. The minimum Gasteiger partial charge on any atom is -0.281 e. The molecule has 2 aromatic heterocycles. The summed E-state index contributed by atoms with van der Waals surface area (Å²) in [6, 6.07) is 11.2. The SMILES string of the molecule is Cc1ccc(-c2nc3cc(Cl)ccn3c2N=O)cc1. The van der Waals surface area contributed by atoms with Crippen molar-refractivity contribution in [2.75, 3.05) is 0 Å². The molecule has 0 atom stereocenters. The number of hydrogen-bond acceptors (Lipinski definition) is 3. The van der Waals surface area contributed by atoms with Crippen molar-refractivity contribution in [3.63, 3.8) is 0 Å². The van der Waals surface area contributed by atoms with E-state index in [2.05, 4.69) is 10.2 Å². The van der Waals surface area contributed by atoms with E-state index >= 15 is 0 Å². The fourth-order valence-corrected chi connectivity index (χ4v) is 2.15. The smallest absolute Gasteiger partial charge is 0.209 e. The molecular weight excluding hydrogens is 262 g/mol. The molecule has 0 radical (unpaired) electrons. The zero-order valence-electron chi connectivity index (χ0n) is 10.2. The molecule has 94 valence electrons. The summed E-state index contributed by atoms with van der Waals surface area (Å²) in [5.41, 5.74) is 3.19. The zero-order valence-corrected chi connectivity index (χ0v) is 10.9. The number of imidazole rings is 1. The van der Waals surface area contributed by atoms with Crippen LogP contribution < -0.4 is 0 Å². The Morgan fingerprint density at radius 3 is 2.63 bits per heavy atom. The Morgan fingerprint density at radius 1 is 1.21 bits per heavy atom. The molecule has 0 aliphatic heterocycles. The standard InChI is InChI=1S/C14H10ClN3O/c1-9-2-4-10(5-3-9)13-14(17-19)18-7-6-11(15)8-12(18)16-13/h2-8H,1H3. The van der Waals surface area contributed by atoms with Gasteiger partial charge in [-0.15, -0.1) is 4.91 Å². The molecule has 0 N–H and O–H groups in total. The van der Waals surface area contributed by atoms with Gasteiger partial charge in [0.25, 0.3) is 0 Å². The van der Waals surface area contributed by atoms with Crippen LogP contribution in [0.15, 0.2) is 47.8 Å². The third-order valence-electron chi connectivity index (χ3n) is 2.97. The lowest BCUT2D eigenvalue weighted by atomic mass is 10.1. The van der Waals surface area contributed by atoms with Crippen molar-refractivity contribution in [1.29, 1.82) is 0 Å². The number of aromatic nitrogens is 2. The third kappa shape index (κ3) is 2.00. The van der Waals surface area contributed by atoms with Crippen molar-refractivity contribution in [2.24, 2.45) is 5.18 Å². The average Bonchev–Trinajstić information content (AvgIpc) is 2.77. The number of fused-ring (bicyclic) bond motifs is 1. The Balaban J connectivity index is 2.28. The molecule has 4 nitrogen and oxygen atoms in total. The van der Waals surface area contributed by atoms with Gasteiger partial charge in [0.1, 0.15) is 11.3 Å². The second-order valence-electron chi connectivity index (χ2n) is 4.31. The van der Waals surface area contributed by atoms with Crippen LogP contribution in [0.5, 0.6) is 0 Å². The highest BCUT2D eigenvalue weighted by molar-refractivity contribution is 6.30. The van der Waals surface area contributed by atoms with E-state index in [-0.39, 0.29) is 5.82 Å². The summed E-state index contributed by atoms with van der Waals surface area (Å²) >= 11 is 5.93. The fraction of sp³-hybridized carbons (Fsp3) is 0.0714. The molecule has 5 heteroatoms. The van der Waals surface area contributed by atoms with E-state index in [0.29, 0.717) is 16.4 Å². The quantitative estimate of drug-likeness (QED) is 0.650. The van der Waals surface area contributed by atoms with Crippen molar-refractivity contribution < 1.29 is 0 Å². The summed E-state index contributed by atoms with van der Waals surface area (Å²) in [6.07, 6.45) is 1.69. The van der Waals surface area contributed by atoms with Crippen LogP contribution in [0.25, 0.3) is 16.9 Å². The van der Waals surface area contributed by atoms with Crippen LogP contribution in [0.1, 0.15) is 5.56 Å². The normalized spacial score (nSPS) is 10.8. The predicted molar refractivity (Wildman–Crippen MR) is 75.8 cm³/mol. The van der Waals surface area contributed by atoms with E-state index in [4.69, 9.17) is 11.6 Å². The van der Waals surface area contributed by atoms with Crippen LogP contribution >= 0.6 is 11.6 Å². The van der Waals surface area contributed by atoms with Gasteiger partial charge in [-0.25, -0.2) is 4.98 Å².